The average Bonchev–Trinajstić information content (AvgIpc) is 3.21. The van der Waals surface area contributed by atoms with Crippen LogP contribution in [0.2, 0.25) is 0 Å². The van der Waals surface area contributed by atoms with Gasteiger partial charge in [0.15, 0.2) is 5.65 Å². The summed E-state index contributed by atoms with van der Waals surface area (Å²) < 4.78 is 2.73. The molecule has 0 amide bonds. The molecule has 2 N–H and O–H groups in total. The van der Waals surface area contributed by atoms with E-state index in [1.165, 1.54) is 0 Å². The molecule has 1 aromatic carbocycles. The van der Waals surface area contributed by atoms with Gasteiger partial charge < -0.3 is 10.4 Å². The normalized spacial score (nSPS) is 15.3. The van der Waals surface area contributed by atoms with Gasteiger partial charge in [0.05, 0.1) is 10.7 Å². The van der Waals surface area contributed by atoms with Crippen LogP contribution >= 0.6 is 15.9 Å². The zero-order chi connectivity index (χ0) is 21.9. The smallest absolute Gasteiger partial charge is 0.171 e. The maximum absolute atomic E-state index is 10.1. The molecule has 1 aliphatic heterocycles. The zero-order valence-electron chi connectivity index (χ0n) is 17.7. The molecule has 4 aromatic rings. The molecule has 0 radical (unpaired) electrons. The van der Waals surface area contributed by atoms with Gasteiger partial charge in [-0.1, -0.05) is 24.3 Å². The first-order chi connectivity index (χ1) is 15.7. The molecule has 0 bridgehead atoms. The molecule has 5 rings (SSSR count). The highest BCUT2D eigenvalue weighted by atomic mass is 79.9. The van der Waals surface area contributed by atoms with Gasteiger partial charge in [0.25, 0.3) is 0 Å². The lowest BCUT2D eigenvalue weighted by molar-refractivity contribution is 0.201. The van der Waals surface area contributed by atoms with Crippen LogP contribution in [-0.2, 0) is 13.1 Å². The summed E-state index contributed by atoms with van der Waals surface area (Å²) in [4.78, 5) is 11.5. The van der Waals surface area contributed by atoms with Crippen LogP contribution in [0.3, 0.4) is 0 Å². The number of phenols is 1. The Balaban J connectivity index is 1.32. The number of hydrogen-bond acceptors (Lipinski definition) is 6. The Morgan fingerprint density at radius 1 is 1.09 bits per heavy atom. The average molecular weight is 493 g/mol. The third kappa shape index (κ3) is 4.47. The molecule has 7 nitrogen and oxygen atoms in total. The predicted octanol–water partition coefficient (Wildman–Crippen LogP) is 4.58. The molecular weight excluding hydrogens is 468 g/mol. The number of piperidine rings is 1. The van der Waals surface area contributed by atoms with Crippen LogP contribution in [0.5, 0.6) is 5.75 Å². The molecule has 0 saturated carbocycles. The minimum absolute atomic E-state index is 0.372. The van der Waals surface area contributed by atoms with Gasteiger partial charge in [-0.3, -0.25) is 9.88 Å². The number of pyridine rings is 1. The van der Waals surface area contributed by atoms with Gasteiger partial charge in [-0.15, -0.1) is 0 Å². The Hall–Kier alpha value is -2.97. The summed E-state index contributed by atoms with van der Waals surface area (Å²) in [6.07, 6.45) is 7.50. The summed E-state index contributed by atoms with van der Waals surface area (Å²) in [5.41, 5.74) is 4.01. The number of nitrogens with zero attached hydrogens (tertiary/aromatic N) is 5. The second-order valence-electron chi connectivity index (χ2n) is 8.19. The largest absolute Gasteiger partial charge is 0.508 e. The Labute approximate surface area is 195 Å². The third-order valence-electron chi connectivity index (χ3n) is 6.04. The topological polar surface area (TPSA) is 78.6 Å². The highest BCUT2D eigenvalue weighted by Crippen LogP contribution is 2.31. The summed E-state index contributed by atoms with van der Waals surface area (Å²) in [6.45, 7) is 3.40. The summed E-state index contributed by atoms with van der Waals surface area (Å²) in [5.74, 6) is 1.69. The molecule has 4 heterocycles. The van der Waals surface area contributed by atoms with E-state index in [1.807, 2.05) is 35.0 Å². The highest BCUT2D eigenvalue weighted by Gasteiger charge is 2.24. The Morgan fingerprint density at radius 3 is 2.72 bits per heavy atom. The molecule has 1 fully saturated rings. The zero-order valence-corrected chi connectivity index (χ0v) is 19.2. The number of halogens is 1. The third-order valence-corrected chi connectivity index (χ3v) is 6.60. The van der Waals surface area contributed by atoms with Crippen molar-refractivity contribution in [2.24, 2.45) is 0 Å². The number of fused-ring (bicyclic) bond motifs is 1. The minimum atomic E-state index is 0.372. The molecule has 32 heavy (non-hydrogen) atoms. The molecule has 3 aromatic heterocycles. The van der Waals surface area contributed by atoms with Crippen LogP contribution in [0.15, 0.2) is 65.5 Å². The van der Waals surface area contributed by atoms with Crippen molar-refractivity contribution >= 4 is 27.4 Å². The van der Waals surface area contributed by atoms with Crippen molar-refractivity contribution in [1.29, 1.82) is 0 Å². The number of phenolic OH excluding ortho intramolecular Hbond substituents is 1. The number of nitrogens with one attached hydrogen (secondary N) is 1. The fourth-order valence-corrected chi connectivity index (χ4v) is 4.61. The van der Waals surface area contributed by atoms with Crippen LogP contribution in [0, 0.1) is 0 Å². The number of rotatable bonds is 6. The molecular formula is C24H25BrN6O. The number of anilines is 1. The number of aromatic nitrogens is 4. The lowest BCUT2D eigenvalue weighted by atomic mass is 9.93. The van der Waals surface area contributed by atoms with E-state index in [2.05, 4.69) is 48.4 Å². The fourth-order valence-electron chi connectivity index (χ4n) is 4.26. The van der Waals surface area contributed by atoms with E-state index < -0.39 is 0 Å². The number of likely N-dealkylation sites (tertiary alicyclic amines) is 1. The van der Waals surface area contributed by atoms with Crippen molar-refractivity contribution in [3.63, 3.8) is 0 Å². The first-order valence-corrected chi connectivity index (χ1v) is 11.6. The van der Waals surface area contributed by atoms with Gasteiger partial charge >= 0.3 is 0 Å². The van der Waals surface area contributed by atoms with E-state index in [1.54, 1.807) is 18.5 Å². The van der Waals surface area contributed by atoms with Gasteiger partial charge in [0, 0.05) is 48.7 Å². The van der Waals surface area contributed by atoms with Gasteiger partial charge in [-0.2, -0.15) is 9.61 Å². The number of para-hydroxylation sites is 1. The number of hydrogen-bond donors (Lipinski definition) is 2. The summed E-state index contributed by atoms with van der Waals surface area (Å²) in [5, 5.41) is 18.1. The number of aromatic hydroxyl groups is 1. The van der Waals surface area contributed by atoms with Gasteiger partial charge in [-0.05, 0) is 59.6 Å². The van der Waals surface area contributed by atoms with Crippen LogP contribution in [-0.4, -0.2) is 42.7 Å². The molecule has 0 aliphatic carbocycles. The second-order valence-corrected chi connectivity index (χ2v) is 9.04. The molecule has 0 spiro atoms. The van der Waals surface area contributed by atoms with E-state index in [9.17, 15) is 5.11 Å². The van der Waals surface area contributed by atoms with Crippen molar-refractivity contribution in [2.45, 2.75) is 31.8 Å². The van der Waals surface area contributed by atoms with E-state index in [4.69, 9.17) is 4.98 Å². The standard InChI is InChI=1S/C24H25BrN6O/c25-20-15-28-31-23(27-14-17-4-3-9-26-13-17)12-21(29-24(20)31)18-7-10-30(11-8-18)16-19-5-1-2-6-22(19)32/h1-6,9,12-13,15,18,27,32H,7-8,10-11,14,16H2. The van der Waals surface area contributed by atoms with Crippen molar-refractivity contribution in [2.75, 3.05) is 18.4 Å². The lowest BCUT2D eigenvalue weighted by Crippen LogP contribution is -2.32. The number of benzene rings is 1. The van der Waals surface area contributed by atoms with Gasteiger partial charge in [0.1, 0.15) is 11.6 Å². The Morgan fingerprint density at radius 2 is 1.94 bits per heavy atom. The van der Waals surface area contributed by atoms with Gasteiger partial charge in [0.2, 0.25) is 0 Å². The predicted molar refractivity (Wildman–Crippen MR) is 128 cm³/mol. The van der Waals surface area contributed by atoms with Crippen LogP contribution in [0.1, 0.15) is 35.6 Å². The summed E-state index contributed by atoms with van der Waals surface area (Å²) >= 11 is 3.59. The molecule has 0 unspecified atom stereocenters. The van der Waals surface area contributed by atoms with Crippen LogP contribution < -0.4 is 5.32 Å². The van der Waals surface area contributed by atoms with Gasteiger partial charge in [-0.25, -0.2) is 4.98 Å². The van der Waals surface area contributed by atoms with E-state index >= 15 is 0 Å². The molecule has 0 atom stereocenters. The molecule has 164 valence electrons. The van der Waals surface area contributed by atoms with Crippen LogP contribution in [0.4, 0.5) is 5.82 Å². The second kappa shape index (κ2) is 9.26. The van der Waals surface area contributed by atoms with Crippen LogP contribution in [0.25, 0.3) is 5.65 Å². The SMILES string of the molecule is Oc1ccccc1CN1CCC(c2cc(NCc3cccnc3)n3ncc(Br)c3n2)CC1. The van der Waals surface area contributed by atoms with E-state index in [0.717, 1.165) is 65.2 Å². The fraction of sp³-hybridized carbons (Fsp3) is 0.292. The van der Waals surface area contributed by atoms with E-state index in [0.29, 0.717) is 18.2 Å². The Bertz CT molecular complexity index is 1200. The monoisotopic (exact) mass is 492 g/mol. The lowest BCUT2D eigenvalue weighted by Gasteiger charge is -2.32. The first kappa shape index (κ1) is 20.9. The maximum Gasteiger partial charge on any atom is 0.171 e. The first-order valence-electron chi connectivity index (χ1n) is 10.8. The molecule has 1 aliphatic rings. The van der Waals surface area contributed by atoms with E-state index in [-0.39, 0.29) is 0 Å². The maximum atomic E-state index is 10.1. The summed E-state index contributed by atoms with van der Waals surface area (Å²) in [6, 6.07) is 13.7. The molecule has 1 saturated heterocycles. The van der Waals surface area contributed by atoms with Crippen molar-refractivity contribution in [3.05, 3.63) is 82.3 Å². The van der Waals surface area contributed by atoms with Crippen molar-refractivity contribution in [3.8, 4) is 5.75 Å². The quantitative estimate of drug-likeness (QED) is 0.410. The molecule has 8 heteroatoms. The Kier molecular flexibility index (Phi) is 6.05. The van der Waals surface area contributed by atoms with Crippen molar-refractivity contribution < 1.29 is 5.11 Å². The highest BCUT2D eigenvalue weighted by molar-refractivity contribution is 9.10. The van der Waals surface area contributed by atoms with Crippen molar-refractivity contribution in [1.82, 2.24) is 24.5 Å². The summed E-state index contributed by atoms with van der Waals surface area (Å²) in [7, 11) is 0. The minimum Gasteiger partial charge on any atom is -0.508 e.